The third-order valence-electron chi connectivity index (χ3n) is 8.47. The summed E-state index contributed by atoms with van der Waals surface area (Å²) >= 11 is 0. The highest BCUT2D eigenvalue weighted by molar-refractivity contribution is 5.97. The Morgan fingerprint density at radius 2 is 1.89 bits per heavy atom. The Morgan fingerprint density at radius 1 is 1.16 bits per heavy atom. The monoisotopic (exact) mass is 510 g/mol. The Balaban J connectivity index is 1.60. The van der Waals surface area contributed by atoms with Gasteiger partial charge < -0.3 is 21.1 Å². The highest BCUT2D eigenvalue weighted by Crippen LogP contribution is 2.45. The molecule has 0 spiro atoms. The minimum absolute atomic E-state index is 0.0794. The van der Waals surface area contributed by atoms with Crippen LogP contribution in [0, 0.1) is 23.2 Å². The Bertz CT molecular complexity index is 1010. The van der Waals surface area contributed by atoms with E-state index in [1.54, 1.807) is 18.6 Å². The summed E-state index contributed by atoms with van der Waals surface area (Å²) in [6.45, 7) is 11.2. The predicted octanol–water partition coefficient (Wildman–Crippen LogP) is 3.36. The number of aromatic nitrogens is 2. The molecule has 9 nitrogen and oxygen atoms in total. The summed E-state index contributed by atoms with van der Waals surface area (Å²) in [4.78, 5) is 41.2. The Hall–Kier alpha value is -2.97. The smallest absolute Gasteiger partial charge is 0.326 e. The van der Waals surface area contributed by atoms with E-state index < -0.39 is 24.1 Å². The number of hydrogen-bond acceptors (Lipinski definition) is 6. The molecule has 2 aliphatic carbocycles. The number of fused-ring (bicyclic) bond motifs is 1. The largest absolute Gasteiger partial charge is 0.480 e. The van der Waals surface area contributed by atoms with Crippen molar-refractivity contribution in [2.24, 2.45) is 33.9 Å². The standard InChI is InChI=1S/C28H42N6O3/c1-17(34-16-19-11-8-12-20(19)23(34)27(36)37)24(28(2,3)4)33-26(35)22(18-9-6-5-7-10-18)32-25(29)21-15-30-13-14-31-21/h13-15,18-20,22-24H,1,5-12,16H2,2-4H3,(H2,29,32)(H,33,35)(H,36,37)/t19-,20-,22-,23-,24+/m0/s1. The van der Waals surface area contributed by atoms with Crippen molar-refractivity contribution in [3.05, 3.63) is 36.6 Å². The third-order valence-corrected chi connectivity index (χ3v) is 8.47. The summed E-state index contributed by atoms with van der Waals surface area (Å²) < 4.78 is 0. The molecule has 2 heterocycles. The van der Waals surface area contributed by atoms with Crippen molar-refractivity contribution in [3.63, 3.8) is 0 Å². The highest BCUT2D eigenvalue weighted by atomic mass is 16.4. The zero-order chi connectivity index (χ0) is 26.7. The van der Waals surface area contributed by atoms with Crippen LogP contribution >= 0.6 is 0 Å². The summed E-state index contributed by atoms with van der Waals surface area (Å²) in [6, 6.07) is -1.70. The number of carbonyl (C=O) groups is 2. The molecule has 37 heavy (non-hydrogen) atoms. The number of amides is 1. The van der Waals surface area contributed by atoms with Crippen molar-refractivity contribution in [1.29, 1.82) is 0 Å². The molecule has 1 aromatic rings. The fourth-order valence-corrected chi connectivity index (χ4v) is 6.59. The number of carboxylic acids is 1. The number of aliphatic carboxylic acids is 1. The second kappa shape index (κ2) is 11.2. The molecule has 2 saturated carbocycles. The molecule has 0 unspecified atom stereocenters. The lowest BCUT2D eigenvalue weighted by molar-refractivity contribution is -0.143. The summed E-state index contributed by atoms with van der Waals surface area (Å²) in [7, 11) is 0. The molecule has 1 aromatic heterocycles. The van der Waals surface area contributed by atoms with Crippen LogP contribution in [0.15, 0.2) is 35.9 Å². The molecule has 4 N–H and O–H groups in total. The molecular formula is C28H42N6O3. The van der Waals surface area contributed by atoms with Gasteiger partial charge in [0.25, 0.3) is 0 Å². The van der Waals surface area contributed by atoms with Crippen molar-refractivity contribution in [2.45, 2.75) is 90.3 Å². The quantitative estimate of drug-likeness (QED) is 0.361. The Kier molecular flexibility index (Phi) is 8.19. The van der Waals surface area contributed by atoms with E-state index >= 15 is 0 Å². The summed E-state index contributed by atoms with van der Waals surface area (Å²) in [6.07, 6.45) is 12.8. The van der Waals surface area contributed by atoms with Gasteiger partial charge in [0.05, 0.1) is 12.2 Å². The van der Waals surface area contributed by atoms with Crippen LogP contribution in [0.3, 0.4) is 0 Å². The molecule has 3 fully saturated rings. The van der Waals surface area contributed by atoms with Crippen LogP contribution in [0.2, 0.25) is 0 Å². The number of nitrogens with zero attached hydrogens (tertiary/aromatic N) is 4. The topological polar surface area (TPSA) is 134 Å². The molecular weight excluding hydrogens is 468 g/mol. The molecule has 3 aliphatic rings. The number of hydrogen-bond donors (Lipinski definition) is 3. The number of nitrogens with two attached hydrogens (primary N) is 1. The molecule has 202 valence electrons. The van der Waals surface area contributed by atoms with Crippen molar-refractivity contribution in [1.82, 2.24) is 20.2 Å². The fourth-order valence-electron chi connectivity index (χ4n) is 6.59. The van der Waals surface area contributed by atoms with Gasteiger partial charge in [-0.25, -0.2) is 9.78 Å². The van der Waals surface area contributed by atoms with E-state index in [0.717, 1.165) is 51.4 Å². The first-order chi connectivity index (χ1) is 17.6. The molecule has 1 aliphatic heterocycles. The van der Waals surface area contributed by atoms with Crippen molar-refractivity contribution >= 4 is 17.7 Å². The second-order valence-corrected chi connectivity index (χ2v) is 12.0. The number of carbonyl (C=O) groups excluding carboxylic acids is 1. The average Bonchev–Trinajstić information content (AvgIpc) is 3.47. The lowest BCUT2D eigenvalue weighted by Crippen LogP contribution is -2.54. The van der Waals surface area contributed by atoms with Crippen molar-refractivity contribution in [3.8, 4) is 0 Å². The predicted molar refractivity (Wildman–Crippen MR) is 143 cm³/mol. The van der Waals surface area contributed by atoms with Gasteiger partial charge in [-0.1, -0.05) is 53.0 Å². The highest BCUT2D eigenvalue weighted by Gasteiger charge is 2.50. The number of aliphatic imine (C=N–C) groups is 1. The third kappa shape index (κ3) is 5.96. The van der Waals surface area contributed by atoms with Gasteiger partial charge in [0.2, 0.25) is 5.91 Å². The minimum atomic E-state index is -0.809. The number of rotatable bonds is 8. The van der Waals surface area contributed by atoms with Crippen LogP contribution < -0.4 is 11.1 Å². The number of likely N-dealkylation sites (tertiary alicyclic amines) is 1. The lowest BCUT2D eigenvalue weighted by Gasteiger charge is -2.40. The van der Waals surface area contributed by atoms with Gasteiger partial charge >= 0.3 is 5.97 Å². The van der Waals surface area contributed by atoms with Crippen molar-refractivity contribution < 1.29 is 14.7 Å². The van der Waals surface area contributed by atoms with Crippen molar-refractivity contribution in [2.75, 3.05) is 6.54 Å². The van der Waals surface area contributed by atoms with Gasteiger partial charge in [0.1, 0.15) is 23.6 Å². The molecule has 4 rings (SSSR count). The Morgan fingerprint density at radius 3 is 2.51 bits per heavy atom. The first-order valence-corrected chi connectivity index (χ1v) is 13.7. The van der Waals surface area contributed by atoms with Crippen LogP contribution in [-0.4, -0.2) is 62.4 Å². The van der Waals surface area contributed by atoms with Crippen LogP contribution in [0.1, 0.15) is 77.8 Å². The first-order valence-electron chi connectivity index (χ1n) is 13.7. The van der Waals surface area contributed by atoms with Gasteiger partial charge in [-0.2, -0.15) is 0 Å². The van der Waals surface area contributed by atoms with E-state index in [-0.39, 0.29) is 29.0 Å². The summed E-state index contributed by atoms with van der Waals surface area (Å²) in [5.41, 5.74) is 7.02. The Labute approximate surface area is 220 Å². The van der Waals surface area contributed by atoms with E-state index in [1.165, 1.54) is 0 Å². The number of amidine groups is 1. The SMILES string of the molecule is C=C([C@@H](NC(=O)[C@@H](N=C(N)c1cnccn1)C1CCCCC1)C(C)(C)C)N1C[C@@H]2CCC[C@@H]2[C@H]1C(=O)O. The van der Waals surface area contributed by atoms with Gasteiger partial charge in [0.15, 0.2) is 0 Å². The molecule has 5 atom stereocenters. The van der Waals surface area contributed by atoms with E-state index in [4.69, 9.17) is 10.7 Å². The van der Waals surface area contributed by atoms with E-state index in [9.17, 15) is 14.7 Å². The van der Waals surface area contributed by atoms with Gasteiger partial charge in [0, 0.05) is 24.6 Å². The average molecular weight is 511 g/mol. The minimum Gasteiger partial charge on any atom is -0.480 e. The zero-order valence-corrected chi connectivity index (χ0v) is 22.4. The van der Waals surface area contributed by atoms with Gasteiger partial charge in [-0.15, -0.1) is 0 Å². The summed E-state index contributed by atoms with van der Waals surface area (Å²) in [5.74, 6) is -0.237. The molecule has 0 bridgehead atoms. The van der Waals surface area contributed by atoms with Crippen LogP contribution in [0.4, 0.5) is 0 Å². The molecule has 0 aromatic carbocycles. The maximum atomic E-state index is 13.9. The fraction of sp³-hybridized carbons (Fsp3) is 0.679. The normalized spacial score (nSPS) is 26.4. The number of nitrogens with one attached hydrogen (secondary N) is 1. The van der Waals surface area contributed by atoms with Crippen LogP contribution in [0.5, 0.6) is 0 Å². The molecule has 1 saturated heterocycles. The van der Waals surface area contributed by atoms with E-state index in [1.807, 2.05) is 25.7 Å². The van der Waals surface area contributed by atoms with Crippen LogP contribution in [-0.2, 0) is 9.59 Å². The molecule has 1 amide bonds. The maximum absolute atomic E-state index is 13.9. The first kappa shape index (κ1) is 27.1. The zero-order valence-electron chi connectivity index (χ0n) is 22.4. The van der Waals surface area contributed by atoms with E-state index in [2.05, 4.69) is 21.9 Å². The molecule has 0 radical (unpaired) electrons. The lowest BCUT2D eigenvalue weighted by atomic mass is 9.81. The summed E-state index contributed by atoms with van der Waals surface area (Å²) in [5, 5.41) is 13.3. The molecule has 9 heteroatoms. The number of carboxylic acid groups (broad SMARTS) is 1. The second-order valence-electron chi connectivity index (χ2n) is 12.0. The van der Waals surface area contributed by atoms with Crippen LogP contribution in [0.25, 0.3) is 0 Å². The van der Waals surface area contributed by atoms with Gasteiger partial charge in [-0.05, 0) is 48.9 Å². The van der Waals surface area contributed by atoms with Gasteiger partial charge in [-0.3, -0.25) is 14.8 Å². The maximum Gasteiger partial charge on any atom is 0.326 e. The van der Waals surface area contributed by atoms with E-state index in [0.29, 0.717) is 23.9 Å².